The highest BCUT2D eigenvalue weighted by molar-refractivity contribution is 7.96. The second kappa shape index (κ2) is 11.1. The number of rotatable bonds is 5. The van der Waals surface area contributed by atoms with E-state index < -0.39 is 12.9 Å². The van der Waals surface area contributed by atoms with Crippen molar-refractivity contribution in [1.29, 1.82) is 5.26 Å². The standard InChI is InChI=1S/C39H26NO2P/c40-27-35-38(28-15-5-1-6-16-28)36(42-39(35)41)25-29-26-37(34-24-14-13-23-33(29)34)43(30-17-7-2-8-18-30,31-19-9-3-10-20-31)32-21-11-4-12-22-32/h1-26H. The third-order valence-electron chi connectivity index (χ3n) is 7.96. The molecular formula is C39H26NO2P. The number of fused-ring (bicyclic) bond motifs is 1. The third kappa shape index (κ3) is 4.41. The van der Waals surface area contributed by atoms with Crippen molar-refractivity contribution < 1.29 is 9.53 Å². The van der Waals surface area contributed by atoms with E-state index in [1.807, 2.05) is 42.5 Å². The molecule has 1 heterocycles. The first-order chi connectivity index (χ1) is 21.2. The van der Waals surface area contributed by atoms with Gasteiger partial charge in [-0.25, -0.2) is 4.79 Å². The zero-order valence-electron chi connectivity index (χ0n) is 23.2. The van der Waals surface area contributed by atoms with Gasteiger partial charge in [0.15, 0.2) is 0 Å². The van der Waals surface area contributed by atoms with Crippen molar-refractivity contribution in [2.24, 2.45) is 0 Å². The molecule has 0 saturated carbocycles. The molecule has 0 radical (unpaired) electrons. The van der Waals surface area contributed by atoms with Gasteiger partial charge in [0.25, 0.3) is 0 Å². The average molecular weight is 572 g/mol. The summed E-state index contributed by atoms with van der Waals surface area (Å²) in [7, 11) is 0. The maximum atomic E-state index is 12.8. The molecule has 0 atom stereocenters. The average Bonchev–Trinajstić information content (AvgIpc) is 3.60. The summed E-state index contributed by atoms with van der Waals surface area (Å²) in [4.78, 5) is 12.8. The van der Waals surface area contributed by atoms with Crippen molar-refractivity contribution in [3.8, 4) is 6.07 Å². The number of nitriles is 1. The largest absolute Gasteiger partial charge is 0.422 e. The van der Waals surface area contributed by atoms with Crippen LogP contribution in [0.1, 0.15) is 16.7 Å². The van der Waals surface area contributed by atoms with Gasteiger partial charge >= 0.3 is 5.97 Å². The van der Waals surface area contributed by atoms with Gasteiger partial charge in [0.05, 0.1) is 0 Å². The molecule has 7 rings (SSSR count). The van der Waals surface area contributed by atoms with E-state index in [4.69, 9.17) is 4.74 Å². The van der Waals surface area contributed by atoms with Crippen LogP contribution in [0.15, 0.2) is 169 Å². The molecule has 0 N–H and O–H groups in total. The quantitative estimate of drug-likeness (QED) is 0.168. The van der Waals surface area contributed by atoms with Crippen molar-refractivity contribution in [3.05, 3.63) is 186 Å². The van der Waals surface area contributed by atoms with E-state index in [2.05, 4.69) is 121 Å². The lowest BCUT2D eigenvalue weighted by atomic mass is 9.98. The maximum absolute atomic E-state index is 12.8. The SMILES string of the molecule is N#CC1=C(c2ccccc2)C(=CC2=CC(=P(c3ccccc3)(c3ccccc3)c3ccccc3)c3ccccc32)OC1=O. The lowest BCUT2D eigenvalue weighted by Crippen LogP contribution is -2.29. The number of ether oxygens (including phenoxy) is 1. The fourth-order valence-electron chi connectivity index (χ4n) is 6.14. The van der Waals surface area contributed by atoms with Gasteiger partial charge in [-0.05, 0) is 62.5 Å². The molecule has 1 aliphatic heterocycles. The molecule has 4 heteroatoms. The third-order valence-corrected chi connectivity index (χ3v) is 12.3. The molecule has 0 unspecified atom stereocenters. The highest BCUT2D eigenvalue weighted by Gasteiger charge is 2.35. The number of allylic oxidation sites excluding steroid dienone is 4. The fraction of sp³-hybridized carbons (Fsp3) is 0. The van der Waals surface area contributed by atoms with Gasteiger partial charge in [0, 0.05) is 5.57 Å². The normalized spacial score (nSPS) is 15.2. The van der Waals surface area contributed by atoms with Crippen LogP contribution in [0, 0.1) is 11.3 Å². The molecule has 0 aromatic heterocycles. The van der Waals surface area contributed by atoms with E-state index in [-0.39, 0.29) is 5.57 Å². The molecule has 5 aromatic carbocycles. The van der Waals surface area contributed by atoms with Gasteiger partial charge in [-0.1, -0.05) is 146 Å². The van der Waals surface area contributed by atoms with Gasteiger partial charge < -0.3 is 4.74 Å². The molecule has 0 spiro atoms. The molecule has 1 aliphatic carbocycles. The topological polar surface area (TPSA) is 50.1 Å². The molecule has 0 bridgehead atoms. The van der Waals surface area contributed by atoms with Gasteiger partial charge in [-0.3, -0.25) is 0 Å². The van der Waals surface area contributed by atoms with E-state index in [9.17, 15) is 10.1 Å². The summed E-state index contributed by atoms with van der Waals surface area (Å²) in [6, 6.07) is 52.3. The van der Waals surface area contributed by atoms with E-state index >= 15 is 0 Å². The van der Waals surface area contributed by atoms with E-state index in [0.717, 1.165) is 22.3 Å². The number of hydrogen-bond donors (Lipinski definition) is 0. The lowest BCUT2D eigenvalue weighted by Gasteiger charge is -2.31. The number of carbonyl (C=O) groups is 1. The van der Waals surface area contributed by atoms with Crippen LogP contribution in [-0.4, -0.2) is 11.3 Å². The van der Waals surface area contributed by atoms with Crippen molar-refractivity contribution in [2.75, 3.05) is 0 Å². The second-order valence-corrected chi connectivity index (χ2v) is 13.7. The zero-order valence-corrected chi connectivity index (χ0v) is 24.1. The summed E-state index contributed by atoms with van der Waals surface area (Å²) in [5.41, 5.74) is 4.46. The Morgan fingerprint density at radius 1 is 0.605 bits per heavy atom. The summed E-state index contributed by atoms with van der Waals surface area (Å²) in [6.07, 6.45) is 4.19. The number of benzene rings is 5. The molecular weight excluding hydrogens is 545 g/mol. The van der Waals surface area contributed by atoms with Gasteiger partial charge in [0.1, 0.15) is 17.4 Å². The zero-order chi connectivity index (χ0) is 29.2. The lowest BCUT2D eigenvalue weighted by molar-refractivity contribution is -0.132. The minimum atomic E-state index is -2.38. The Bertz CT molecular complexity index is 1950. The minimum Gasteiger partial charge on any atom is -0.422 e. The Labute approximate surface area is 251 Å². The Morgan fingerprint density at radius 2 is 1.07 bits per heavy atom. The summed E-state index contributed by atoms with van der Waals surface area (Å²) < 4.78 is 5.77. The van der Waals surface area contributed by atoms with Crippen LogP contribution in [0.5, 0.6) is 0 Å². The molecule has 3 nitrogen and oxygen atoms in total. The van der Waals surface area contributed by atoms with E-state index in [1.54, 1.807) is 0 Å². The Kier molecular flexibility index (Phi) is 6.84. The molecule has 0 saturated heterocycles. The van der Waals surface area contributed by atoms with E-state index in [1.165, 1.54) is 21.2 Å². The van der Waals surface area contributed by atoms with Crippen LogP contribution in [0.3, 0.4) is 0 Å². The summed E-state index contributed by atoms with van der Waals surface area (Å²) in [6.45, 7) is -2.38. The maximum Gasteiger partial charge on any atom is 0.355 e. The predicted octanol–water partition coefficient (Wildman–Crippen LogP) is 7.02. The van der Waals surface area contributed by atoms with Gasteiger partial charge in [0.2, 0.25) is 0 Å². The number of esters is 1. The first-order valence-corrected chi connectivity index (χ1v) is 15.9. The predicted molar refractivity (Wildman–Crippen MR) is 177 cm³/mol. The van der Waals surface area contributed by atoms with Crippen LogP contribution >= 0.6 is 6.89 Å². The number of carbonyl (C=O) groups excluding carboxylic acids is 1. The van der Waals surface area contributed by atoms with Crippen LogP contribution in [0.2, 0.25) is 0 Å². The second-order valence-electron chi connectivity index (χ2n) is 10.3. The molecule has 204 valence electrons. The minimum absolute atomic E-state index is 0.0215. The van der Waals surface area contributed by atoms with Crippen LogP contribution < -0.4 is 15.9 Å². The number of nitrogens with zero attached hydrogens (tertiary/aromatic N) is 1. The summed E-state index contributed by atoms with van der Waals surface area (Å²) >= 11 is 0. The van der Waals surface area contributed by atoms with Crippen molar-refractivity contribution in [3.63, 3.8) is 0 Å². The van der Waals surface area contributed by atoms with Crippen LogP contribution in [-0.2, 0) is 9.53 Å². The van der Waals surface area contributed by atoms with Crippen molar-refractivity contribution in [2.45, 2.75) is 0 Å². The van der Waals surface area contributed by atoms with Crippen LogP contribution in [0.25, 0.3) is 11.1 Å². The summed E-state index contributed by atoms with van der Waals surface area (Å²) in [5, 5.41) is 14.9. The molecule has 2 aliphatic rings. The number of cyclic esters (lactones) is 1. The van der Waals surface area contributed by atoms with Crippen molar-refractivity contribution >= 4 is 45.2 Å². The fourth-order valence-corrected chi connectivity index (χ4v) is 10.6. The molecule has 0 fully saturated rings. The number of hydrogen-bond acceptors (Lipinski definition) is 3. The molecule has 5 aromatic rings. The molecule has 43 heavy (non-hydrogen) atoms. The van der Waals surface area contributed by atoms with Gasteiger partial charge in [-0.15, -0.1) is 0 Å². The first kappa shape index (κ1) is 26.5. The Balaban J connectivity index is 1.58. The van der Waals surface area contributed by atoms with Crippen molar-refractivity contribution in [1.82, 2.24) is 0 Å². The van der Waals surface area contributed by atoms with E-state index in [0.29, 0.717) is 11.3 Å². The first-order valence-electron chi connectivity index (χ1n) is 14.1. The highest BCUT2D eigenvalue weighted by Crippen LogP contribution is 2.51. The Morgan fingerprint density at radius 3 is 1.58 bits per heavy atom. The smallest absolute Gasteiger partial charge is 0.355 e. The highest BCUT2D eigenvalue weighted by atomic mass is 31.2. The van der Waals surface area contributed by atoms with Gasteiger partial charge in [-0.2, -0.15) is 5.26 Å². The Hall–Kier alpha value is -5.42. The monoisotopic (exact) mass is 571 g/mol. The molecule has 0 amide bonds. The summed E-state index contributed by atoms with van der Waals surface area (Å²) in [5.74, 6) is -0.235. The van der Waals surface area contributed by atoms with Crippen LogP contribution in [0.4, 0.5) is 0 Å².